The van der Waals surface area contributed by atoms with E-state index < -0.39 is 0 Å². The van der Waals surface area contributed by atoms with E-state index in [2.05, 4.69) is 28.1 Å². The fraction of sp³-hybridized carbons (Fsp3) is 0.579. The maximum Gasteiger partial charge on any atom is 0.140 e. The molecule has 1 saturated carbocycles. The number of ether oxygens (including phenoxy) is 1. The Morgan fingerprint density at radius 1 is 1.17 bits per heavy atom. The van der Waals surface area contributed by atoms with E-state index in [1.165, 1.54) is 37.5 Å². The first kappa shape index (κ1) is 14.9. The van der Waals surface area contributed by atoms with Crippen LogP contribution in [0.2, 0.25) is 0 Å². The second-order valence-corrected chi connectivity index (χ2v) is 7.12. The van der Waals surface area contributed by atoms with Crippen LogP contribution in [0.4, 0.5) is 5.82 Å². The number of benzene rings is 1. The van der Waals surface area contributed by atoms with Crippen LogP contribution in [-0.4, -0.2) is 36.3 Å². The summed E-state index contributed by atoms with van der Waals surface area (Å²) in [6, 6.07) is 8.36. The Labute approximate surface area is 137 Å². The van der Waals surface area contributed by atoms with Gasteiger partial charge < -0.3 is 9.64 Å². The summed E-state index contributed by atoms with van der Waals surface area (Å²) in [6.07, 6.45) is 6.68. The van der Waals surface area contributed by atoms with E-state index >= 15 is 0 Å². The predicted octanol–water partition coefficient (Wildman–Crippen LogP) is 3.72. The molecule has 1 aliphatic carbocycles. The quantitative estimate of drug-likeness (QED) is 0.847. The monoisotopic (exact) mass is 311 g/mol. The lowest BCUT2D eigenvalue weighted by atomic mass is 9.76. The van der Waals surface area contributed by atoms with Crippen molar-refractivity contribution < 1.29 is 4.74 Å². The number of nitrogens with zero attached hydrogens (tertiary/aromatic N) is 3. The third kappa shape index (κ3) is 2.49. The summed E-state index contributed by atoms with van der Waals surface area (Å²) >= 11 is 0. The van der Waals surface area contributed by atoms with Crippen molar-refractivity contribution >= 4 is 16.7 Å². The summed E-state index contributed by atoms with van der Waals surface area (Å²) in [5, 5.41) is 1.17. The van der Waals surface area contributed by atoms with Gasteiger partial charge in [0.1, 0.15) is 11.6 Å². The van der Waals surface area contributed by atoms with Crippen LogP contribution in [0.15, 0.2) is 24.3 Å². The molecule has 4 heteroatoms. The number of piperidine rings is 1. The minimum atomic E-state index is 0.312. The highest BCUT2D eigenvalue weighted by molar-refractivity contribution is 5.89. The molecule has 2 atom stereocenters. The molecule has 1 saturated heterocycles. The molecule has 4 rings (SSSR count). The molecular weight excluding hydrogens is 286 g/mol. The lowest BCUT2D eigenvalue weighted by Gasteiger charge is -2.44. The number of hydrogen-bond donors (Lipinski definition) is 0. The molecule has 0 bridgehead atoms. The third-order valence-electron chi connectivity index (χ3n) is 5.71. The average Bonchev–Trinajstić information content (AvgIpc) is 2.95. The smallest absolute Gasteiger partial charge is 0.140 e. The maximum absolute atomic E-state index is 5.84. The Balaban J connectivity index is 1.73. The summed E-state index contributed by atoms with van der Waals surface area (Å²) in [6.45, 7) is 4.13. The van der Waals surface area contributed by atoms with Gasteiger partial charge in [-0.25, -0.2) is 9.97 Å². The third-order valence-corrected chi connectivity index (χ3v) is 5.71. The van der Waals surface area contributed by atoms with Gasteiger partial charge in [0.05, 0.1) is 11.6 Å². The van der Waals surface area contributed by atoms with E-state index in [1.54, 1.807) is 0 Å². The number of methoxy groups -OCH3 is 1. The van der Waals surface area contributed by atoms with E-state index in [-0.39, 0.29) is 0 Å². The van der Waals surface area contributed by atoms with Gasteiger partial charge in [0, 0.05) is 31.0 Å². The molecule has 2 fully saturated rings. The fourth-order valence-electron chi connectivity index (χ4n) is 4.70. The number of para-hydroxylation sites is 1. The van der Waals surface area contributed by atoms with Crippen LogP contribution < -0.4 is 4.90 Å². The zero-order valence-corrected chi connectivity index (χ0v) is 14.1. The minimum Gasteiger partial charge on any atom is -0.381 e. The summed E-state index contributed by atoms with van der Waals surface area (Å²) in [5.74, 6) is 1.96. The van der Waals surface area contributed by atoms with Crippen LogP contribution >= 0.6 is 0 Å². The zero-order chi connectivity index (χ0) is 15.9. The Kier molecular flexibility index (Phi) is 3.72. The molecule has 2 aromatic rings. The lowest BCUT2D eigenvalue weighted by molar-refractivity contribution is 0.00220. The van der Waals surface area contributed by atoms with E-state index in [9.17, 15) is 0 Å². The molecule has 23 heavy (non-hydrogen) atoms. The van der Waals surface area contributed by atoms with Crippen molar-refractivity contribution in [1.29, 1.82) is 0 Å². The van der Waals surface area contributed by atoms with Crippen LogP contribution in [0.1, 0.15) is 37.9 Å². The van der Waals surface area contributed by atoms with Gasteiger partial charge >= 0.3 is 0 Å². The minimum absolute atomic E-state index is 0.312. The molecular formula is C19H25N3O. The molecule has 2 heterocycles. The van der Waals surface area contributed by atoms with Crippen LogP contribution in [0, 0.1) is 12.3 Å². The van der Waals surface area contributed by atoms with Gasteiger partial charge in [-0.05, 0) is 44.7 Å². The van der Waals surface area contributed by atoms with Crippen LogP contribution in [0.3, 0.4) is 0 Å². The highest BCUT2D eigenvalue weighted by Crippen LogP contribution is 2.47. The summed E-state index contributed by atoms with van der Waals surface area (Å²) in [4.78, 5) is 11.9. The van der Waals surface area contributed by atoms with Crippen molar-refractivity contribution in [3.63, 3.8) is 0 Å². The maximum atomic E-state index is 5.84. The number of fused-ring (bicyclic) bond motifs is 1. The topological polar surface area (TPSA) is 38.2 Å². The van der Waals surface area contributed by atoms with Gasteiger partial charge in [-0.3, -0.25) is 0 Å². The SMILES string of the molecule is CO[C@@H]1CCC[C@@]12CCCN(c1nc(C)nc3ccccc13)C2. The molecule has 1 spiro atoms. The standard InChI is InChI=1S/C19H25N3O/c1-14-20-16-8-4-3-7-15(16)18(21-14)22-12-6-11-19(13-22)10-5-9-17(19)23-2/h3-4,7-8,17H,5-6,9-13H2,1-2H3/t17-,19+/m1/s1. The van der Waals surface area contributed by atoms with Crippen molar-refractivity contribution in [1.82, 2.24) is 9.97 Å². The average molecular weight is 311 g/mol. The first-order valence-corrected chi connectivity index (χ1v) is 8.73. The Morgan fingerprint density at radius 3 is 2.87 bits per heavy atom. The summed E-state index contributed by atoms with van der Waals surface area (Å²) < 4.78 is 5.84. The van der Waals surface area contributed by atoms with Crippen LogP contribution in [0.25, 0.3) is 10.9 Å². The molecule has 1 aromatic carbocycles. The molecule has 1 aromatic heterocycles. The van der Waals surface area contributed by atoms with Crippen molar-refractivity contribution in [2.24, 2.45) is 5.41 Å². The number of aryl methyl sites for hydroxylation is 1. The number of rotatable bonds is 2. The van der Waals surface area contributed by atoms with Crippen molar-refractivity contribution in [2.45, 2.75) is 45.1 Å². The number of hydrogen-bond acceptors (Lipinski definition) is 4. The van der Waals surface area contributed by atoms with E-state index in [4.69, 9.17) is 9.72 Å². The van der Waals surface area contributed by atoms with Crippen LogP contribution in [0.5, 0.6) is 0 Å². The highest BCUT2D eigenvalue weighted by atomic mass is 16.5. The molecule has 0 amide bonds. The van der Waals surface area contributed by atoms with Crippen LogP contribution in [-0.2, 0) is 4.74 Å². The van der Waals surface area contributed by atoms with E-state index in [1.807, 2.05) is 20.1 Å². The molecule has 0 unspecified atom stereocenters. The summed E-state index contributed by atoms with van der Waals surface area (Å²) in [7, 11) is 1.88. The molecule has 2 aliphatic rings. The molecule has 1 aliphatic heterocycles. The van der Waals surface area contributed by atoms with Crippen molar-refractivity contribution in [3.05, 3.63) is 30.1 Å². The number of anilines is 1. The molecule has 0 N–H and O–H groups in total. The van der Waals surface area contributed by atoms with Gasteiger partial charge in [0.15, 0.2) is 0 Å². The van der Waals surface area contributed by atoms with Crippen molar-refractivity contribution in [3.8, 4) is 0 Å². The second-order valence-electron chi connectivity index (χ2n) is 7.12. The van der Waals surface area contributed by atoms with Gasteiger partial charge in [-0.15, -0.1) is 0 Å². The Bertz CT molecular complexity index is 717. The predicted molar refractivity (Wildman–Crippen MR) is 92.8 cm³/mol. The second kappa shape index (κ2) is 5.75. The van der Waals surface area contributed by atoms with E-state index in [0.29, 0.717) is 11.5 Å². The first-order valence-electron chi connectivity index (χ1n) is 8.73. The Morgan fingerprint density at radius 2 is 2.00 bits per heavy atom. The normalized spacial score (nSPS) is 27.9. The van der Waals surface area contributed by atoms with Gasteiger partial charge in [0.25, 0.3) is 0 Å². The van der Waals surface area contributed by atoms with Crippen molar-refractivity contribution in [2.75, 3.05) is 25.1 Å². The van der Waals surface area contributed by atoms with Gasteiger partial charge in [0.2, 0.25) is 0 Å². The largest absolute Gasteiger partial charge is 0.381 e. The molecule has 0 radical (unpaired) electrons. The summed E-state index contributed by atoms with van der Waals surface area (Å²) in [5.41, 5.74) is 1.36. The Hall–Kier alpha value is -1.68. The molecule has 122 valence electrons. The fourth-order valence-corrected chi connectivity index (χ4v) is 4.70. The van der Waals surface area contributed by atoms with Gasteiger partial charge in [-0.2, -0.15) is 0 Å². The number of aromatic nitrogens is 2. The molecule has 4 nitrogen and oxygen atoms in total. The lowest BCUT2D eigenvalue weighted by Crippen LogP contribution is -2.48. The first-order chi connectivity index (χ1) is 11.2. The van der Waals surface area contributed by atoms with E-state index in [0.717, 1.165) is 30.2 Å². The zero-order valence-electron chi connectivity index (χ0n) is 14.1. The van der Waals surface area contributed by atoms with Gasteiger partial charge in [-0.1, -0.05) is 18.6 Å². The highest BCUT2D eigenvalue weighted by Gasteiger charge is 2.46.